The van der Waals surface area contributed by atoms with Crippen LogP contribution >= 0.6 is 11.6 Å². The smallest absolute Gasteiger partial charge is 0.251 e. The largest absolute Gasteiger partial charge is 0.325 e. The summed E-state index contributed by atoms with van der Waals surface area (Å²) in [5.41, 5.74) is 1.65. The summed E-state index contributed by atoms with van der Waals surface area (Å²) >= 11 is 5.80. The molecule has 1 aromatic heterocycles. The molecule has 0 radical (unpaired) electrons. The Balaban J connectivity index is 2.04. The topological polar surface area (TPSA) is 51.1 Å². The SMILES string of the molecule is CCc1ccc(NC(=O)Cn2cc(Cl)ccc2=O)cc1. The van der Waals surface area contributed by atoms with Crippen molar-refractivity contribution in [2.45, 2.75) is 19.9 Å². The number of aryl methyl sites for hydroxylation is 1. The van der Waals surface area contributed by atoms with E-state index in [1.807, 2.05) is 24.3 Å². The van der Waals surface area contributed by atoms with Gasteiger partial charge in [-0.15, -0.1) is 0 Å². The molecular weight excluding hydrogens is 276 g/mol. The van der Waals surface area contributed by atoms with E-state index in [2.05, 4.69) is 12.2 Å². The summed E-state index contributed by atoms with van der Waals surface area (Å²) in [5.74, 6) is -0.265. The van der Waals surface area contributed by atoms with Crippen molar-refractivity contribution in [2.75, 3.05) is 5.32 Å². The second-order valence-corrected chi connectivity index (χ2v) is 4.85. The third-order valence-corrected chi connectivity index (χ3v) is 3.13. The molecule has 20 heavy (non-hydrogen) atoms. The lowest BCUT2D eigenvalue weighted by Gasteiger charge is -2.08. The zero-order valence-corrected chi connectivity index (χ0v) is 11.9. The minimum absolute atomic E-state index is 0.0606. The summed E-state index contributed by atoms with van der Waals surface area (Å²) in [6, 6.07) is 10.4. The van der Waals surface area contributed by atoms with Crippen LogP contribution in [0, 0.1) is 0 Å². The average molecular weight is 291 g/mol. The minimum Gasteiger partial charge on any atom is -0.325 e. The van der Waals surface area contributed by atoms with Gasteiger partial charge in [0.1, 0.15) is 6.54 Å². The van der Waals surface area contributed by atoms with E-state index in [1.54, 1.807) is 0 Å². The Morgan fingerprint density at radius 2 is 1.90 bits per heavy atom. The molecule has 0 fully saturated rings. The molecule has 2 aromatic rings. The summed E-state index contributed by atoms with van der Waals surface area (Å²) in [6.45, 7) is 2.01. The number of benzene rings is 1. The van der Waals surface area contributed by atoms with Gasteiger partial charge in [0.05, 0.1) is 5.02 Å². The highest BCUT2D eigenvalue weighted by Gasteiger charge is 2.05. The first-order valence-corrected chi connectivity index (χ1v) is 6.71. The fourth-order valence-electron chi connectivity index (χ4n) is 1.80. The van der Waals surface area contributed by atoms with Gasteiger partial charge in [0.15, 0.2) is 0 Å². The molecule has 1 heterocycles. The molecule has 1 amide bonds. The Bertz CT molecular complexity index is 662. The molecule has 0 bridgehead atoms. The second kappa shape index (κ2) is 6.39. The first-order chi connectivity index (χ1) is 9.58. The van der Waals surface area contributed by atoms with Gasteiger partial charge in [0.25, 0.3) is 5.56 Å². The molecule has 0 aliphatic carbocycles. The summed E-state index contributed by atoms with van der Waals surface area (Å²) in [5, 5.41) is 3.17. The van der Waals surface area contributed by atoms with E-state index in [0.29, 0.717) is 10.7 Å². The normalized spacial score (nSPS) is 10.3. The molecule has 4 nitrogen and oxygen atoms in total. The zero-order chi connectivity index (χ0) is 14.5. The second-order valence-electron chi connectivity index (χ2n) is 4.41. The third-order valence-electron chi connectivity index (χ3n) is 2.91. The van der Waals surface area contributed by atoms with Crippen LogP contribution in [-0.2, 0) is 17.8 Å². The van der Waals surface area contributed by atoms with E-state index in [-0.39, 0.29) is 18.0 Å². The lowest BCUT2D eigenvalue weighted by molar-refractivity contribution is -0.116. The Labute approximate surface area is 122 Å². The summed E-state index contributed by atoms with van der Waals surface area (Å²) in [7, 11) is 0. The number of amides is 1. The molecule has 0 aliphatic heterocycles. The monoisotopic (exact) mass is 290 g/mol. The van der Waals surface area contributed by atoms with Crippen LogP contribution in [0.25, 0.3) is 0 Å². The summed E-state index contributed by atoms with van der Waals surface area (Å²) in [6.07, 6.45) is 2.40. The van der Waals surface area contributed by atoms with Gasteiger partial charge in [0, 0.05) is 18.0 Å². The van der Waals surface area contributed by atoms with Crippen LogP contribution in [0.4, 0.5) is 5.69 Å². The molecular formula is C15H15ClN2O2. The number of nitrogens with one attached hydrogen (secondary N) is 1. The van der Waals surface area contributed by atoms with Gasteiger partial charge in [-0.3, -0.25) is 9.59 Å². The molecule has 2 rings (SSSR count). The number of anilines is 1. The van der Waals surface area contributed by atoms with Crippen LogP contribution in [0.3, 0.4) is 0 Å². The average Bonchev–Trinajstić information content (AvgIpc) is 2.43. The van der Waals surface area contributed by atoms with Gasteiger partial charge >= 0.3 is 0 Å². The van der Waals surface area contributed by atoms with Crippen molar-refractivity contribution in [3.05, 3.63) is 63.5 Å². The van der Waals surface area contributed by atoms with Gasteiger partial charge in [-0.25, -0.2) is 0 Å². The van der Waals surface area contributed by atoms with Crippen LogP contribution < -0.4 is 10.9 Å². The summed E-state index contributed by atoms with van der Waals surface area (Å²) in [4.78, 5) is 23.5. The molecule has 0 unspecified atom stereocenters. The number of aromatic nitrogens is 1. The number of rotatable bonds is 4. The lowest BCUT2D eigenvalue weighted by atomic mass is 10.1. The van der Waals surface area contributed by atoms with Crippen molar-refractivity contribution in [3.8, 4) is 0 Å². The minimum atomic E-state index is -0.265. The number of hydrogen-bond donors (Lipinski definition) is 1. The van der Waals surface area contributed by atoms with Crippen LogP contribution in [0.2, 0.25) is 5.02 Å². The number of hydrogen-bond acceptors (Lipinski definition) is 2. The maximum absolute atomic E-state index is 11.9. The molecule has 1 aromatic carbocycles. The van der Waals surface area contributed by atoms with Crippen molar-refractivity contribution in [1.82, 2.24) is 4.57 Å². The van der Waals surface area contributed by atoms with Crippen molar-refractivity contribution >= 4 is 23.2 Å². The Morgan fingerprint density at radius 3 is 2.55 bits per heavy atom. The summed E-state index contributed by atoms with van der Waals surface area (Å²) < 4.78 is 1.28. The van der Waals surface area contributed by atoms with Crippen molar-refractivity contribution in [1.29, 1.82) is 0 Å². The number of carbonyl (C=O) groups excluding carboxylic acids is 1. The molecule has 0 atom stereocenters. The first kappa shape index (κ1) is 14.3. The Morgan fingerprint density at radius 1 is 1.20 bits per heavy atom. The van der Waals surface area contributed by atoms with E-state index in [1.165, 1.54) is 28.5 Å². The molecule has 0 saturated carbocycles. The fourth-order valence-corrected chi connectivity index (χ4v) is 1.99. The van der Waals surface area contributed by atoms with Gasteiger partial charge in [-0.1, -0.05) is 30.7 Å². The van der Waals surface area contributed by atoms with E-state index >= 15 is 0 Å². The zero-order valence-electron chi connectivity index (χ0n) is 11.1. The van der Waals surface area contributed by atoms with Crippen LogP contribution in [-0.4, -0.2) is 10.5 Å². The van der Waals surface area contributed by atoms with Gasteiger partial charge < -0.3 is 9.88 Å². The quantitative estimate of drug-likeness (QED) is 0.941. The van der Waals surface area contributed by atoms with Crippen LogP contribution in [0.5, 0.6) is 0 Å². The van der Waals surface area contributed by atoms with Crippen LogP contribution in [0.1, 0.15) is 12.5 Å². The maximum Gasteiger partial charge on any atom is 0.251 e. The van der Waals surface area contributed by atoms with Crippen molar-refractivity contribution in [3.63, 3.8) is 0 Å². The fraction of sp³-hybridized carbons (Fsp3) is 0.200. The third kappa shape index (κ3) is 3.71. The molecule has 0 spiro atoms. The van der Waals surface area contributed by atoms with Gasteiger partial charge in [-0.05, 0) is 30.2 Å². The molecule has 1 N–H and O–H groups in total. The number of nitrogens with zero attached hydrogens (tertiary/aromatic N) is 1. The Kier molecular flexibility index (Phi) is 4.58. The van der Waals surface area contributed by atoms with Crippen molar-refractivity contribution in [2.24, 2.45) is 0 Å². The highest BCUT2D eigenvalue weighted by Crippen LogP contribution is 2.10. The Hall–Kier alpha value is -2.07. The maximum atomic E-state index is 11.9. The molecule has 0 saturated heterocycles. The first-order valence-electron chi connectivity index (χ1n) is 6.33. The van der Waals surface area contributed by atoms with Gasteiger partial charge in [0.2, 0.25) is 5.91 Å². The standard InChI is InChI=1S/C15H15ClN2O2/c1-2-11-3-6-13(7-4-11)17-14(19)10-18-9-12(16)5-8-15(18)20/h3-9H,2,10H2,1H3,(H,17,19). The molecule has 0 aliphatic rings. The number of halogens is 1. The highest BCUT2D eigenvalue weighted by atomic mass is 35.5. The van der Waals surface area contributed by atoms with E-state index in [4.69, 9.17) is 11.6 Å². The van der Waals surface area contributed by atoms with E-state index in [0.717, 1.165) is 6.42 Å². The number of pyridine rings is 1. The predicted octanol–water partition coefficient (Wildman–Crippen LogP) is 2.70. The predicted molar refractivity (Wildman–Crippen MR) is 80.2 cm³/mol. The van der Waals surface area contributed by atoms with E-state index in [9.17, 15) is 9.59 Å². The van der Waals surface area contributed by atoms with Crippen molar-refractivity contribution < 1.29 is 4.79 Å². The van der Waals surface area contributed by atoms with Crippen LogP contribution in [0.15, 0.2) is 47.4 Å². The molecule has 104 valence electrons. The van der Waals surface area contributed by atoms with Gasteiger partial charge in [-0.2, -0.15) is 0 Å². The highest BCUT2D eigenvalue weighted by molar-refractivity contribution is 6.30. The van der Waals surface area contributed by atoms with E-state index < -0.39 is 0 Å². The molecule has 5 heteroatoms. The lowest BCUT2D eigenvalue weighted by Crippen LogP contribution is -2.26. The number of carbonyl (C=O) groups is 1.